The Morgan fingerprint density at radius 2 is 1.95 bits per heavy atom. The molecule has 1 aliphatic rings. The average Bonchev–Trinajstić information content (AvgIpc) is 2.92. The minimum absolute atomic E-state index is 0.406. The van der Waals surface area contributed by atoms with Gasteiger partial charge >= 0.3 is 0 Å². The SMILES string of the molecule is COc1ccc(CC(C)(N)c2nc3c(s2)CCCC3)cc1. The van der Waals surface area contributed by atoms with E-state index >= 15 is 0 Å². The van der Waals surface area contributed by atoms with E-state index in [4.69, 9.17) is 15.5 Å². The Bertz CT molecular complexity index is 593. The maximum absolute atomic E-state index is 6.57. The zero-order valence-electron chi connectivity index (χ0n) is 12.7. The topological polar surface area (TPSA) is 48.1 Å². The van der Waals surface area contributed by atoms with Crippen LogP contribution in [0.4, 0.5) is 0 Å². The summed E-state index contributed by atoms with van der Waals surface area (Å²) in [6.45, 7) is 2.08. The van der Waals surface area contributed by atoms with Gasteiger partial charge in [0.1, 0.15) is 10.8 Å². The van der Waals surface area contributed by atoms with Crippen molar-refractivity contribution in [3.8, 4) is 5.75 Å². The molecule has 1 aliphatic carbocycles. The van der Waals surface area contributed by atoms with Gasteiger partial charge in [0, 0.05) is 4.88 Å². The number of rotatable bonds is 4. The van der Waals surface area contributed by atoms with E-state index in [9.17, 15) is 0 Å². The van der Waals surface area contributed by atoms with Gasteiger partial charge in [-0.1, -0.05) is 12.1 Å². The molecule has 1 aromatic heterocycles. The molecular formula is C17H22N2OS. The monoisotopic (exact) mass is 302 g/mol. The zero-order valence-corrected chi connectivity index (χ0v) is 13.5. The third kappa shape index (κ3) is 3.11. The van der Waals surface area contributed by atoms with Crippen molar-refractivity contribution >= 4 is 11.3 Å². The highest BCUT2D eigenvalue weighted by Gasteiger charge is 2.28. The van der Waals surface area contributed by atoms with Crippen LogP contribution in [0.15, 0.2) is 24.3 Å². The zero-order chi connectivity index (χ0) is 14.9. The van der Waals surface area contributed by atoms with Crippen LogP contribution < -0.4 is 10.5 Å². The highest BCUT2D eigenvalue weighted by Crippen LogP contribution is 2.33. The summed E-state index contributed by atoms with van der Waals surface area (Å²) in [4.78, 5) is 6.27. The summed E-state index contributed by atoms with van der Waals surface area (Å²) in [7, 11) is 1.68. The van der Waals surface area contributed by atoms with Gasteiger partial charge in [0.05, 0.1) is 18.3 Å². The normalized spacial score (nSPS) is 17.1. The largest absolute Gasteiger partial charge is 0.497 e. The molecule has 0 saturated carbocycles. The van der Waals surface area contributed by atoms with E-state index < -0.39 is 5.54 Å². The highest BCUT2D eigenvalue weighted by atomic mass is 32.1. The first-order chi connectivity index (χ1) is 10.1. The van der Waals surface area contributed by atoms with Gasteiger partial charge in [-0.15, -0.1) is 11.3 Å². The summed E-state index contributed by atoms with van der Waals surface area (Å²) in [6.07, 6.45) is 5.63. The number of benzene rings is 1. The number of nitrogens with zero attached hydrogens (tertiary/aromatic N) is 1. The molecule has 0 aliphatic heterocycles. The Labute approximate surface area is 130 Å². The van der Waals surface area contributed by atoms with Gasteiger partial charge in [0.2, 0.25) is 0 Å². The molecule has 0 fully saturated rings. The second-order valence-electron chi connectivity index (χ2n) is 6.04. The fraction of sp³-hybridized carbons (Fsp3) is 0.471. The Morgan fingerprint density at radius 1 is 1.24 bits per heavy atom. The second-order valence-corrected chi connectivity index (χ2v) is 7.12. The molecule has 112 valence electrons. The third-order valence-electron chi connectivity index (χ3n) is 4.06. The molecule has 2 N–H and O–H groups in total. The molecule has 0 saturated heterocycles. The van der Waals surface area contributed by atoms with Crippen LogP contribution in [0.5, 0.6) is 5.75 Å². The van der Waals surface area contributed by atoms with Gasteiger partial charge in [-0.3, -0.25) is 0 Å². The van der Waals surface area contributed by atoms with Gasteiger partial charge in [0.15, 0.2) is 0 Å². The lowest BCUT2D eigenvalue weighted by Crippen LogP contribution is -2.35. The van der Waals surface area contributed by atoms with E-state index in [1.165, 1.54) is 35.4 Å². The van der Waals surface area contributed by atoms with Gasteiger partial charge in [-0.05, 0) is 56.7 Å². The first kappa shape index (κ1) is 14.5. The van der Waals surface area contributed by atoms with Crippen LogP contribution in [-0.2, 0) is 24.8 Å². The lowest BCUT2D eigenvalue weighted by atomic mass is 9.94. The van der Waals surface area contributed by atoms with E-state index in [2.05, 4.69) is 19.1 Å². The summed E-state index contributed by atoms with van der Waals surface area (Å²) < 4.78 is 5.20. The second kappa shape index (κ2) is 5.78. The lowest BCUT2D eigenvalue weighted by molar-refractivity contribution is 0.414. The third-order valence-corrected chi connectivity index (χ3v) is 5.50. The van der Waals surface area contributed by atoms with Gasteiger partial charge < -0.3 is 10.5 Å². The summed E-state index contributed by atoms with van der Waals surface area (Å²) in [5.74, 6) is 0.877. The summed E-state index contributed by atoms with van der Waals surface area (Å²) >= 11 is 1.81. The number of hydrogen-bond donors (Lipinski definition) is 1. The van der Waals surface area contributed by atoms with Crippen molar-refractivity contribution in [2.75, 3.05) is 7.11 Å². The summed E-state index contributed by atoms with van der Waals surface area (Å²) in [6, 6.07) is 8.13. The number of fused-ring (bicyclic) bond motifs is 1. The van der Waals surface area contributed by atoms with Crippen LogP contribution in [0.25, 0.3) is 0 Å². The number of nitrogens with two attached hydrogens (primary N) is 1. The lowest BCUT2D eigenvalue weighted by Gasteiger charge is -2.22. The van der Waals surface area contributed by atoms with E-state index in [-0.39, 0.29) is 0 Å². The van der Waals surface area contributed by atoms with E-state index in [0.717, 1.165) is 23.6 Å². The molecule has 4 heteroatoms. The summed E-state index contributed by atoms with van der Waals surface area (Å²) in [5.41, 5.74) is 8.66. The quantitative estimate of drug-likeness (QED) is 0.941. The molecule has 0 amide bonds. The van der Waals surface area contributed by atoms with Crippen LogP contribution >= 0.6 is 11.3 Å². The minimum atomic E-state index is -0.406. The van der Waals surface area contributed by atoms with Gasteiger partial charge in [-0.2, -0.15) is 0 Å². The Balaban J connectivity index is 1.80. The van der Waals surface area contributed by atoms with Crippen molar-refractivity contribution in [3.63, 3.8) is 0 Å². The number of aromatic nitrogens is 1. The van der Waals surface area contributed by atoms with Crippen molar-refractivity contribution in [3.05, 3.63) is 45.4 Å². The molecule has 1 atom stereocenters. The Kier molecular flexibility index (Phi) is 4.00. The molecule has 0 spiro atoms. The molecule has 1 aromatic carbocycles. The van der Waals surface area contributed by atoms with E-state index in [1.54, 1.807) is 7.11 Å². The predicted octanol–water partition coefficient (Wildman–Crippen LogP) is 3.45. The molecule has 1 heterocycles. The maximum Gasteiger partial charge on any atom is 0.118 e. The Hall–Kier alpha value is -1.39. The van der Waals surface area contributed by atoms with E-state index in [1.807, 2.05) is 23.5 Å². The van der Waals surface area contributed by atoms with Crippen molar-refractivity contribution in [1.82, 2.24) is 4.98 Å². The standard InChI is InChI=1S/C17H22N2OS/c1-17(18,11-12-7-9-13(20-2)10-8-12)16-19-14-5-3-4-6-15(14)21-16/h7-10H,3-6,11,18H2,1-2H3. The van der Waals surface area contributed by atoms with Crippen LogP contribution in [0.2, 0.25) is 0 Å². The molecule has 1 unspecified atom stereocenters. The molecule has 21 heavy (non-hydrogen) atoms. The predicted molar refractivity (Wildman–Crippen MR) is 87.0 cm³/mol. The van der Waals surface area contributed by atoms with Crippen molar-refractivity contribution in [2.45, 2.75) is 44.6 Å². The minimum Gasteiger partial charge on any atom is -0.497 e. The molecule has 2 aromatic rings. The molecule has 3 nitrogen and oxygen atoms in total. The molecule has 3 rings (SSSR count). The highest BCUT2D eigenvalue weighted by molar-refractivity contribution is 7.11. The number of hydrogen-bond acceptors (Lipinski definition) is 4. The van der Waals surface area contributed by atoms with E-state index in [0.29, 0.717) is 0 Å². The van der Waals surface area contributed by atoms with Crippen LogP contribution in [0.1, 0.15) is 40.9 Å². The molecule has 0 radical (unpaired) electrons. The van der Waals surface area contributed by atoms with Crippen molar-refractivity contribution in [1.29, 1.82) is 0 Å². The van der Waals surface area contributed by atoms with Crippen molar-refractivity contribution < 1.29 is 4.74 Å². The van der Waals surface area contributed by atoms with Crippen LogP contribution in [0, 0.1) is 0 Å². The number of methoxy groups -OCH3 is 1. The van der Waals surface area contributed by atoms with Gasteiger partial charge in [-0.25, -0.2) is 4.98 Å². The number of aryl methyl sites for hydroxylation is 2. The summed E-state index contributed by atoms with van der Waals surface area (Å²) in [5, 5.41) is 1.07. The molecular weight excluding hydrogens is 280 g/mol. The average molecular weight is 302 g/mol. The molecule has 0 bridgehead atoms. The number of thiazole rings is 1. The smallest absolute Gasteiger partial charge is 0.118 e. The van der Waals surface area contributed by atoms with Crippen molar-refractivity contribution in [2.24, 2.45) is 5.73 Å². The first-order valence-electron chi connectivity index (χ1n) is 7.49. The van der Waals surface area contributed by atoms with Crippen LogP contribution in [-0.4, -0.2) is 12.1 Å². The van der Waals surface area contributed by atoms with Gasteiger partial charge in [0.25, 0.3) is 0 Å². The Morgan fingerprint density at radius 3 is 2.62 bits per heavy atom. The fourth-order valence-corrected chi connectivity index (χ4v) is 4.05. The number of ether oxygens (including phenoxy) is 1. The van der Waals surface area contributed by atoms with Crippen LogP contribution in [0.3, 0.4) is 0 Å². The fourth-order valence-electron chi connectivity index (χ4n) is 2.84. The maximum atomic E-state index is 6.57. The first-order valence-corrected chi connectivity index (χ1v) is 8.31.